The van der Waals surface area contributed by atoms with Gasteiger partial charge in [0.25, 0.3) is 5.91 Å². The van der Waals surface area contributed by atoms with Gasteiger partial charge in [-0.1, -0.05) is 23.7 Å². The molecule has 8 nitrogen and oxygen atoms in total. The van der Waals surface area contributed by atoms with E-state index in [0.717, 1.165) is 4.90 Å². The van der Waals surface area contributed by atoms with Gasteiger partial charge in [0.2, 0.25) is 5.91 Å². The maximum Gasteiger partial charge on any atom is 0.325 e. The summed E-state index contributed by atoms with van der Waals surface area (Å²) in [5, 5.41) is 9.78. The summed E-state index contributed by atoms with van der Waals surface area (Å²) in [5.74, 6) is -1.67. The normalized spacial score (nSPS) is 18.2. The summed E-state index contributed by atoms with van der Waals surface area (Å²) in [6.45, 7) is 0.998. The minimum absolute atomic E-state index is 0.370. The van der Waals surface area contributed by atoms with Gasteiger partial charge < -0.3 is 10.6 Å². The summed E-state index contributed by atoms with van der Waals surface area (Å²) in [6.07, 6.45) is 3.29. The lowest BCUT2D eigenvalue weighted by atomic mass is 9.92. The van der Waals surface area contributed by atoms with Crippen molar-refractivity contribution >= 4 is 35.1 Å². The topological polar surface area (TPSA) is 96.3 Å². The average molecular weight is 442 g/mol. The van der Waals surface area contributed by atoms with Gasteiger partial charge in [0.05, 0.1) is 11.4 Å². The van der Waals surface area contributed by atoms with Crippen LogP contribution in [0.5, 0.6) is 0 Å². The van der Waals surface area contributed by atoms with Gasteiger partial charge in [0.1, 0.15) is 17.9 Å². The molecular formula is C21H17ClFN5O3. The number of carbonyl (C=O) groups is 3. The summed E-state index contributed by atoms with van der Waals surface area (Å²) in [5.41, 5.74) is -0.0574. The first-order valence-electron chi connectivity index (χ1n) is 9.27. The maximum atomic E-state index is 13.2. The van der Waals surface area contributed by atoms with Crippen molar-refractivity contribution in [2.45, 2.75) is 12.5 Å². The van der Waals surface area contributed by atoms with Crippen molar-refractivity contribution in [2.75, 3.05) is 11.9 Å². The zero-order valence-electron chi connectivity index (χ0n) is 16.3. The Hall–Kier alpha value is -3.72. The molecule has 0 saturated carbocycles. The van der Waals surface area contributed by atoms with Crippen LogP contribution in [0.1, 0.15) is 12.5 Å². The molecule has 4 amide bonds. The SMILES string of the molecule is CC1(c2ccc(F)cc2)NC(=O)N(CC(=O)Nc2cc(Cl)ccc2-n2cccn2)C1=O. The zero-order chi connectivity index (χ0) is 22.2. The number of rotatable bonds is 5. The summed E-state index contributed by atoms with van der Waals surface area (Å²) in [7, 11) is 0. The second-order valence-electron chi connectivity index (χ2n) is 7.11. The Morgan fingerprint density at radius 2 is 1.97 bits per heavy atom. The van der Waals surface area contributed by atoms with Crippen LogP contribution < -0.4 is 10.6 Å². The van der Waals surface area contributed by atoms with E-state index in [1.54, 1.807) is 41.3 Å². The van der Waals surface area contributed by atoms with E-state index in [2.05, 4.69) is 15.7 Å². The number of aromatic nitrogens is 2. The second kappa shape index (κ2) is 7.84. The molecule has 4 rings (SSSR count). The third kappa shape index (κ3) is 3.87. The van der Waals surface area contributed by atoms with Crippen molar-refractivity contribution in [2.24, 2.45) is 0 Å². The minimum atomic E-state index is -1.40. The predicted molar refractivity (Wildman–Crippen MR) is 111 cm³/mol. The number of nitrogens with zero attached hydrogens (tertiary/aromatic N) is 3. The highest BCUT2D eigenvalue weighted by Crippen LogP contribution is 2.29. The maximum absolute atomic E-state index is 13.2. The van der Waals surface area contributed by atoms with Gasteiger partial charge in [-0.3, -0.25) is 14.5 Å². The largest absolute Gasteiger partial charge is 0.325 e. The molecule has 158 valence electrons. The molecule has 1 fully saturated rings. The van der Waals surface area contributed by atoms with Crippen LogP contribution >= 0.6 is 11.6 Å². The first kappa shape index (κ1) is 20.5. The van der Waals surface area contributed by atoms with Gasteiger partial charge in [0.15, 0.2) is 0 Å². The number of carbonyl (C=O) groups excluding carboxylic acids is 3. The number of benzene rings is 2. The van der Waals surface area contributed by atoms with Crippen molar-refractivity contribution in [3.63, 3.8) is 0 Å². The Kier molecular flexibility index (Phi) is 5.20. The van der Waals surface area contributed by atoms with Crippen LogP contribution in [0, 0.1) is 5.82 Å². The number of urea groups is 1. The molecule has 0 radical (unpaired) electrons. The fourth-order valence-electron chi connectivity index (χ4n) is 3.37. The van der Waals surface area contributed by atoms with Crippen LogP contribution in [0.3, 0.4) is 0 Å². The molecule has 1 atom stereocenters. The van der Waals surface area contributed by atoms with E-state index in [9.17, 15) is 18.8 Å². The summed E-state index contributed by atoms with van der Waals surface area (Å²) < 4.78 is 14.8. The fourth-order valence-corrected chi connectivity index (χ4v) is 3.54. The van der Waals surface area contributed by atoms with Gasteiger partial charge in [0, 0.05) is 17.4 Å². The van der Waals surface area contributed by atoms with Gasteiger partial charge in [-0.05, 0) is 48.9 Å². The third-order valence-corrected chi connectivity index (χ3v) is 5.22. The summed E-state index contributed by atoms with van der Waals surface area (Å²) >= 11 is 6.06. The molecule has 3 aromatic rings. The van der Waals surface area contributed by atoms with E-state index in [-0.39, 0.29) is 0 Å². The molecule has 1 aliphatic rings. The molecule has 1 unspecified atom stereocenters. The van der Waals surface area contributed by atoms with E-state index < -0.39 is 35.7 Å². The number of hydrogen-bond donors (Lipinski definition) is 2. The summed E-state index contributed by atoms with van der Waals surface area (Å²) in [6, 6.07) is 11.1. The Balaban J connectivity index is 1.53. The van der Waals surface area contributed by atoms with Crippen molar-refractivity contribution < 1.29 is 18.8 Å². The Labute approximate surface area is 181 Å². The van der Waals surface area contributed by atoms with E-state index in [0.29, 0.717) is 22.0 Å². The van der Waals surface area contributed by atoms with Gasteiger partial charge in [-0.2, -0.15) is 5.10 Å². The summed E-state index contributed by atoms with van der Waals surface area (Å²) in [4.78, 5) is 38.9. The Morgan fingerprint density at radius 3 is 2.65 bits per heavy atom. The molecule has 2 N–H and O–H groups in total. The lowest BCUT2D eigenvalue weighted by Crippen LogP contribution is -2.42. The molecule has 1 aliphatic heterocycles. The molecule has 1 saturated heterocycles. The first-order chi connectivity index (χ1) is 14.8. The molecular weight excluding hydrogens is 425 g/mol. The Bertz CT molecular complexity index is 1170. The monoisotopic (exact) mass is 441 g/mol. The average Bonchev–Trinajstić information content (AvgIpc) is 3.32. The van der Waals surface area contributed by atoms with Gasteiger partial charge in [-0.15, -0.1) is 0 Å². The van der Waals surface area contributed by atoms with Crippen molar-refractivity contribution in [1.29, 1.82) is 0 Å². The quantitative estimate of drug-likeness (QED) is 0.595. The van der Waals surface area contributed by atoms with Crippen LogP contribution in [0.15, 0.2) is 60.9 Å². The van der Waals surface area contributed by atoms with E-state index >= 15 is 0 Å². The smallest absolute Gasteiger partial charge is 0.323 e. The number of nitrogens with one attached hydrogen (secondary N) is 2. The molecule has 0 spiro atoms. The minimum Gasteiger partial charge on any atom is -0.323 e. The number of imide groups is 1. The van der Waals surface area contributed by atoms with Crippen molar-refractivity contribution in [1.82, 2.24) is 20.0 Å². The van der Waals surface area contributed by atoms with Crippen LogP contribution in [-0.2, 0) is 15.1 Å². The molecule has 0 aliphatic carbocycles. The lowest BCUT2D eigenvalue weighted by molar-refractivity contribution is -0.133. The number of anilines is 1. The second-order valence-corrected chi connectivity index (χ2v) is 7.55. The van der Waals surface area contributed by atoms with Gasteiger partial charge >= 0.3 is 6.03 Å². The van der Waals surface area contributed by atoms with Crippen LogP contribution in [-0.4, -0.2) is 39.1 Å². The van der Waals surface area contributed by atoms with Crippen LogP contribution in [0.25, 0.3) is 5.69 Å². The molecule has 31 heavy (non-hydrogen) atoms. The van der Waals surface area contributed by atoms with Crippen LogP contribution in [0.4, 0.5) is 14.9 Å². The van der Waals surface area contributed by atoms with E-state index in [4.69, 9.17) is 11.6 Å². The zero-order valence-corrected chi connectivity index (χ0v) is 17.1. The number of amides is 4. The van der Waals surface area contributed by atoms with Crippen molar-refractivity contribution in [3.05, 3.63) is 77.3 Å². The van der Waals surface area contributed by atoms with E-state index in [1.165, 1.54) is 31.2 Å². The first-order valence-corrected chi connectivity index (χ1v) is 9.65. The molecule has 2 aromatic carbocycles. The molecule has 0 bridgehead atoms. The standard InChI is InChI=1S/C21H17ClFN5O3/c1-21(13-3-6-15(23)7-4-13)19(30)27(20(31)26-21)12-18(29)25-16-11-14(22)5-8-17(16)28-10-2-9-24-28/h2-11H,12H2,1H3,(H,25,29)(H,26,31). The third-order valence-electron chi connectivity index (χ3n) is 4.98. The fraction of sp³-hybridized carbons (Fsp3) is 0.143. The molecule has 1 aromatic heterocycles. The molecule has 2 heterocycles. The highest BCUT2D eigenvalue weighted by molar-refractivity contribution is 6.31. The van der Waals surface area contributed by atoms with Crippen LogP contribution in [0.2, 0.25) is 5.02 Å². The Morgan fingerprint density at radius 1 is 1.23 bits per heavy atom. The van der Waals surface area contributed by atoms with Gasteiger partial charge in [-0.25, -0.2) is 13.9 Å². The lowest BCUT2D eigenvalue weighted by Gasteiger charge is -2.22. The number of hydrogen-bond acceptors (Lipinski definition) is 4. The van der Waals surface area contributed by atoms with Crippen molar-refractivity contribution in [3.8, 4) is 5.69 Å². The molecule has 10 heteroatoms. The predicted octanol–water partition coefficient (Wildman–Crippen LogP) is 3.07. The number of halogens is 2. The van der Waals surface area contributed by atoms with E-state index in [1.807, 2.05) is 0 Å². The highest BCUT2D eigenvalue weighted by atomic mass is 35.5. The highest BCUT2D eigenvalue weighted by Gasteiger charge is 2.49.